The van der Waals surface area contributed by atoms with Crippen LogP contribution in [0.15, 0.2) is 23.6 Å². The second kappa shape index (κ2) is 5.61. The Kier molecular flexibility index (Phi) is 4.24. The molecule has 1 aliphatic rings. The van der Waals surface area contributed by atoms with E-state index in [0.29, 0.717) is 12.0 Å². The van der Waals surface area contributed by atoms with E-state index in [4.69, 9.17) is 17.0 Å². The van der Waals surface area contributed by atoms with Gasteiger partial charge in [-0.25, -0.2) is 0 Å². The van der Waals surface area contributed by atoms with Gasteiger partial charge in [-0.2, -0.15) is 0 Å². The predicted molar refractivity (Wildman–Crippen MR) is 76.0 cm³/mol. The molecular weight excluding hydrogens is 280 g/mol. The largest absolute Gasteiger partial charge is 0.393 e. The lowest BCUT2D eigenvalue weighted by Gasteiger charge is -2.29. The molecule has 0 bridgehead atoms. The number of nitrogens with one attached hydrogen (secondary N) is 1. The Morgan fingerprint density at radius 3 is 3.05 bits per heavy atom. The van der Waals surface area contributed by atoms with Crippen LogP contribution < -0.4 is 5.56 Å². The first kappa shape index (κ1) is 15.1. The lowest BCUT2D eigenvalue weighted by atomic mass is 9.94. The molecule has 6 nitrogen and oxygen atoms in total. The highest BCUT2D eigenvalue weighted by molar-refractivity contribution is 7.71. The number of aliphatic hydroxyl groups excluding tert-OH is 2. The fourth-order valence-electron chi connectivity index (χ4n) is 2.41. The molecule has 3 atom stereocenters. The maximum Gasteiger partial charge on any atom is 0.254 e. The van der Waals surface area contributed by atoms with Crippen molar-refractivity contribution >= 4 is 12.2 Å². The molecule has 0 spiro atoms. The smallest absolute Gasteiger partial charge is 0.254 e. The van der Waals surface area contributed by atoms with E-state index < -0.39 is 17.9 Å². The number of aryl methyl sites for hydroxylation is 1. The third-order valence-corrected chi connectivity index (χ3v) is 3.93. The minimum Gasteiger partial charge on any atom is -0.393 e. The first-order valence-corrected chi connectivity index (χ1v) is 6.74. The van der Waals surface area contributed by atoms with Gasteiger partial charge in [-0.3, -0.25) is 14.3 Å². The first-order valence-electron chi connectivity index (χ1n) is 6.33. The van der Waals surface area contributed by atoms with Gasteiger partial charge in [-0.05, 0) is 25.6 Å². The van der Waals surface area contributed by atoms with Crippen molar-refractivity contribution in [2.24, 2.45) is 0 Å². The molecular formula is C13H18N2O4S. The van der Waals surface area contributed by atoms with Gasteiger partial charge in [-0.1, -0.05) is 6.08 Å². The summed E-state index contributed by atoms with van der Waals surface area (Å²) >= 11 is 5.11. The average Bonchev–Trinajstić information content (AvgIpc) is 2.72. The number of hydrogen-bond donors (Lipinski definition) is 3. The van der Waals surface area contributed by atoms with Crippen LogP contribution >= 0.6 is 12.2 Å². The van der Waals surface area contributed by atoms with Crippen molar-refractivity contribution in [1.82, 2.24) is 9.55 Å². The zero-order chi connectivity index (χ0) is 14.9. The van der Waals surface area contributed by atoms with Crippen LogP contribution in [0.3, 0.4) is 0 Å². The van der Waals surface area contributed by atoms with Crippen molar-refractivity contribution in [2.75, 3.05) is 6.61 Å². The van der Waals surface area contributed by atoms with E-state index in [0.717, 1.165) is 0 Å². The van der Waals surface area contributed by atoms with Crippen molar-refractivity contribution in [3.8, 4) is 0 Å². The van der Waals surface area contributed by atoms with Crippen molar-refractivity contribution in [2.45, 2.75) is 37.7 Å². The lowest BCUT2D eigenvalue weighted by Crippen LogP contribution is -2.42. The summed E-state index contributed by atoms with van der Waals surface area (Å²) in [4.78, 5) is 14.0. The fraction of sp³-hybridized carbons (Fsp3) is 0.538. The van der Waals surface area contributed by atoms with E-state index in [9.17, 15) is 15.0 Å². The molecule has 1 aromatic heterocycles. The Labute approximate surface area is 121 Å². The van der Waals surface area contributed by atoms with Gasteiger partial charge in [0.2, 0.25) is 0 Å². The number of aromatic amines is 1. The van der Waals surface area contributed by atoms with Crippen molar-refractivity contribution in [3.63, 3.8) is 0 Å². The van der Waals surface area contributed by atoms with E-state index in [2.05, 4.69) is 11.6 Å². The number of ether oxygens (including phenoxy) is 1. The summed E-state index contributed by atoms with van der Waals surface area (Å²) in [6.45, 7) is 4.97. The molecule has 1 aromatic rings. The van der Waals surface area contributed by atoms with E-state index >= 15 is 0 Å². The molecule has 20 heavy (non-hydrogen) atoms. The summed E-state index contributed by atoms with van der Waals surface area (Å²) in [5.41, 5.74) is -0.808. The minimum absolute atomic E-state index is 0.227. The van der Waals surface area contributed by atoms with Crippen molar-refractivity contribution < 1.29 is 14.9 Å². The van der Waals surface area contributed by atoms with Gasteiger partial charge in [0.25, 0.3) is 5.56 Å². The maximum atomic E-state index is 11.5. The van der Waals surface area contributed by atoms with E-state index in [1.807, 2.05) is 0 Å². The molecule has 2 heterocycles. The highest BCUT2D eigenvalue weighted by Gasteiger charge is 2.47. The molecule has 3 N–H and O–H groups in total. The average molecular weight is 298 g/mol. The molecule has 1 fully saturated rings. The third kappa shape index (κ3) is 2.49. The molecule has 7 heteroatoms. The number of H-pyrrole nitrogens is 1. The van der Waals surface area contributed by atoms with E-state index in [1.165, 1.54) is 0 Å². The third-order valence-electron chi connectivity index (χ3n) is 3.62. The maximum absolute atomic E-state index is 11.5. The van der Waals surface area contributed by atoms with E-state index in [1.54, 1.807) is 23.8 Å². The Balaban J connectivity index is 2.37. The molecule has 0 amide bonds. The second-order valence-electron chi connectivity index (χ2n) is 5.02. The normalized spacial score (nSPS) is 29.6. The molecule has 1 saturated heterocycles. The Morgan fingerprint density at radius 1 is 1.75 bits per heavy atom. The van der Waals surface area contributed by atoms with Crippen LogP contribution in [-0.2, 0) is 4.74 Å². The zero-order valence-corrected chi connectivity index (χ0v) is 12.0. The van der Waals surface area contributed by atoms with Crippen LogP contribution in [-0.4, -0.2) is 38.1 Å². The molecule has 0 radical (unpaired) electrons. The van der Waals surface area contributed by atoms with Gasteiger partial charge >= 0.3 is 0 Å². The van der Waals surface area contributed by atoms with Crippen molar-refractivity contribution in [3.05, 3.63) is 39.5 Å². The van der Waals surface area contributed by atoms with Gasteiger partial charge in [0, 0.05) is 18.2 Å². The SMILES string of the molecule is C=CC[C@]1(CO)O[C@@H](n2cc(C)c(=O)[nH]c2=S)C[C@@H]1O. The number of rotatable bonds is 4. The van der Waals surface area contributed by atoms with Crippen LogP contribution in [0.5, 0.6) is 0 Å². The van der Waals surface area contributed by atoms with Gasteiger partial charge in [0.1, 0.15) is 11.8 Å². The topological polar surface area (TPSA) is 87.5 Å². The van der Waals surface area contributed by atoms with Gasteiger partial charge in [0.15, 0.2) is 4.77 Å². The highest BCUT2D eigenvalue weighted by atomic mass is 32.1. The molecule has 0 saturated carbocycles. The quantitative estimate of drug-likeness (QED) is 0.565. The first-order chi connectivity index (χ1) is 9.43. The van der Waals surface area contributed by atoms with Gasteiger partial charge < -0.3 is 14.9 Å². The standard InChI is InChI=1S/C13H18N2O4S/c1-3-4-13(7-16)9(17)5-10(19-13)15-6-8(2)11(18)14-12(15)20/h3,6,9-10,16-17H,1,4-5,7H2,2H3,(H,14,18,20)/t9-,10+,13+/m0/s1. The minimum atomic E-state index is -1.06. The molecule has 110 valence electrons. The van der Waals surface area contributed by atoms with E-state index in [-0.39, 0.29) is 23.4 Å². The predicted octanol–water partition coefficient (Wildman–Crippen LogP) is 0.801. The van der Waals surface area contributed by atoms with Crippen LogP contribution in [0.2, 0.25) is 0 Å². The van der Waals surface area contributed by atoms with Crippen molar-refractivity contribution in [1.29, 1.82) is 0 Å². The molecule has 0 unspecified atom stereocenters. The molecule has 0 aliphatic carbocycles. The van der Waals surface area contributed by atoms with Gasteiger partial charge in [-0.15, -0.1) is 6.58 Å². The summed E-state index contributed by atoms with van der Waals surface area (Å²) in [5, 5.41) is 19.7. The number of hydrogen-bond acceptors (Lipinski definition) is 5. The number of aromatic nitrogens is 2. The monoisotopic (exact) mass is 298 g/mol. The molecule has 1 aliphatic heterocycles. The summed E-state index contributed by atoms with van der Waals surface area (Å²) in [6, 6.07) is 0. The van der Waals surface area contributed by atoms with Crippen LogP contribution in [0.1, 0.15) is 24.6 Å². The summed E-state index contributed by atoms with van der Waals surface area (Å²) < 4.78 is 7.64. The molecule has 0 aromatic carbocycles. The molecule has 2 rings (SSSR count). The summed E-state index contributed by atoms with van der Waals surface area (Å²) in [7, 11) is 0. The summed E-state index contributed by atoms with van der Waals surface area (Å²) in [5.74, 6) is 0. The second-order valence-corrected chi connectivity index (χ2v) is 5.41. The Hall–Kier alpha value is -1.28. The fourth-order valence-corrected chi connectivity index (χ4v) is 2.67. The summed E-state index contributed by atoms with van der Waals surface area (Å²) in [6.07, 6.45) is 2.45. The Morgan fingerprint density at radius 2 is 2.45 bits per heavy atom. The number of nitrogens with zero attached hydrogens (tertiary/aromatic N) is 1. The van der Waals surface area contributed by atoms with Gasteiger partial charge in [0.05, 0.1) is 12.7 Å². The lowest BCUT2D eigenvalue weighted by molar-refractivity contribution is -0.126. The van der Waals surface area contributed by atoms with Crippen LogP contribution in [0.25, 0.3) is 0 Å². The zero-order valence-electron chi connectivity index (χ0n) is 11.2. The Bertz CT molecular complexity index is 624. The highest BCUT2D eigenvalue weighted by Crippen LogP contribution is 2.39. The van der Waals surface area contributed by atoms with Crippen LogP contribution in [0, 0.1) is 11.7 Å². The van der Waals surface area contributed by atoms with Crippen LogP contribution in [0.4, 0.5) is 0 Å². The number of aliphatic hydroxyl groups is 2.